The number of hydrogen-bond donors (Lipinski definition) is 3. The maximum absolute atomic E-state index is 12.4. The lowest BCUT2D eigenvalue weighted by molar-refractivity contribution is -0.268. The number of aliphatic hydroxyl groups excluding tert-OH is 1. The lowest BCUT2D eigenvalue weighted by Gasteiger charge is -2.41. The van der Waals surface area contributed by atoms with Gasteiger partial charge < -0.3 is 25.0 Å². The van der Waals surface area contributed by atoms with Crippen molar-refractivity contribution in [1.29, 1.82) is 0 Å². The highest BCUT2D eigenvalue weighted by molar-refractivity contribution is 7.99. The Balaban J connectivity index is 1.33. The lowest BCUT2D eigenvalue weighted by atomic mass is 9.91. The maximum atomic E-state index is 12.4. The molecule has 0 unspecified atom stereocenters. The number of carbonyl (C=O) groups excluding carboxylic acids is 1. The second-order valence-corrected chi connectivity index (χ2v) is 11.3. The molecule has 4 aromatic carbocycles. The average Bonchev–Trinajstić information content (AvgIpc) is 3.04. The average molecular weight is 584 g/mol. The van der Waals surface area contributed by atoms with Crippen molar-refractivity contribution in [2.75, 3.05) is 5.75 Å². The summed E-state index contributed by atoms with van der Waals surface area (Å²) in [6.45, 7) is 2.43. The third-order valence-corrected chi connectivity index (χ3v) is 8.55. The molecule has 4 aromatic rings. The Morgan fingerprint density at radius 1 is 0.810 bits per heavy atom. The molecule has 0 spiro atoms. The molecule has 1 fully saturated rings. The second kappa shape index (κ2) is 13.8. The number of hydrogen-bond acceptors (Lipinski definition) is 6. The van der Waals surface area contributed by atoms with Gasteiger partial charge in [0.1, 0.15) is 0 Å². The van der Waals surface area contributed by atoms with Crippen LogP contribution in [0.5, 0.6) is 0 Å². The van der Waals surface area contributed by atoms with Crippen LogP contribution in [-0.4, -0.2) is 33.9 Å². The van der Waals surface area contributed by atoms with Crippen molar-refractivity contribution in [1.82, 2.24) is 5.32 Å². The molecule has 7 nitrogen and oxygen atoms in total. The first-order chi connectivity index (χ1) is 20.4. The standard InChI is InChI=1S/C34H33NO6S/c1-22-29(21-42-30-10-6-5-9-28(30)33(38)39)40-34(41-31(22)25-15-13-24(20-36)14-16-25)27-17-11-23(12-18-27)19-35-32(37)26-7-3-2-4-8-26/h2-18,22,29,31,34,36H,19-21H2,1H3,(H,35,37)(H,38,39)/t22-,29+,31+,34+/m0/s1. The van der Waals surface area contributed by atoms with Gasteiger partial charge in [0.25, 0.3) is 5.91 Å². The fourth-order valence-electron chi connectivity index (χ4n) is 4.92. The Morgan fingerprint density at radius 2 is 1.45 bits per heavy atom. The van der Waals surface area contributed by atoms with E-state index in [9.17, 15) is 19.8 Å². The van der Waals surface area contributed by atoms with E-state index in [1.807, 2.05) is 78.9 Å². The predicted octanol–water partition coefficient (Wildman–Crippen LogP) is 6.39. The SMILES string of the molecule is C[C@H]1[C@@H](CSc2ccccc2C(=O)O)O[C@@H](c2ccc(CNC(=O)c3ccccc3)cc2)O[C@H]1c1ccc(CO)cc1. The van der Waals surface area contributed by atoms with Crippen LogP contribution in [0.2, 0.25) is 0 Å². The van der Waals surface area contributed by atoms with Crippen molar-refractivity contribution in [2.45, 2.75) is 43.5 Å². The van der Waals surface area contributed by atoms with Crippen LogP contribution in [0.3, 0.4) is 0 Å². The van der Waals surface area contributed by atoms with E-state index in [0.29, 0.717) is 22.8 Å². The van der Waals surface area contributed by atoms with E-state index in [2.05, 4.69) is 12.2 Å². The fourth-order valence-corrected chi connectivity index (χ4v) is 6.13. The summed E-state index contributed by atoms with van der Waals surface area (Å²) in [6, 6.07) is 31.6. The number of nitrogens with one attached hydrogen (secondary N) is 1. The molecule has 1 aliphatic heterocycles. The van der Waals surface area contributed by atoms with Crippen molar-refractivity contribution < 1.29 is 29.3 Å². The molecule has 216 valence electrons. The van der Waals surface area contributed by atoms with Crippen LogP contribution >= 0.6 is 11.8 Å². The van der Waals surface area contributed by atoms with Gasteiger partial charge in [0.05, 0.1) is 24.4 Å². The summed E-state index contributed by atoms with van der Waals surface area (Å²) in [6.07, 6.45) is -1.15. The maximum Gasteiger partial charge on any atom is 0.336 e. The molecular formula is C34H33NO6S. The minimum absolute atomic E-state index is 0.0295. The number of carboxylic acid groups (broad SMARTS) is 1. The summed E-state index contributed by atoms with van der Waals surface area (Å²) in [7, 11) is 0. The number of thioether (sulfide) groups is 1. The van der Waals surface area contributed by atoms with E-state index in [1.54, 1.807) is 24.3 Å². The first kappa shape index (κ1) is 29.5. The van der Waals surface area contributed by atoms with Gasteiger partial charge in [-0.05, 0) is 41.0 Å². The highest BCUT2D eigenvalue weighted by atomic mass is 32.2. The van der Waals surface area contributed by atoms with Crippen LogP contribution in [0.15, 0.2) is 108 Å². The minimum atomic E-state index is -0.959. The molecule has 0 saturated carbocycles. The Hall–Kier alpha value is -3.95. The summed E-state index contributed by atoms with van der Waals surface area (Å²) >= 11 is 1.46. The van der Waals surface area contributed by atoms with Crippen molar-refractivity contribution >= 4 is 23.6 Å². The smallest absolute Gasteiger partial charge is 0.336 e. The zero-order valence-electron chi connectivity index (χ0n) is 23.2. The highest BCUT2D eigenvalue weighted by Gasteiger charge is 2.38. The Bertz CT molecular complexity index is 1490. The van der Waals surface area contributed by atoms with Gasteiger partial charge in [-0.25, -0.2) is 4.79 Å². The van der Waals surface area contributed by atoms with E-state index in [-0.39, 0.29) is 36.2 Å². The number of rotatable bonds is 10. The van der Waals surface area contributed by atoms with Gasteiger partial charge in [0, 0.05) is 34.2 Å². The summed E-state index contributed by atoms with van der Waals surface area (Å²) < 4.78 is 13.0. The molecule has 0 aromatic heterocycles. The third kappa shape index (κ3) is 7.09. The number of aromatic carboxylic acids is 1. The molecule has 1 heterocycles. The van der Waals surface area contributed by atoms with Crippen LogP contribution in [0.1, 0.15) is 62.3 Å². The molecule has 3 N–H and O–H groups in total. The molecular weight excluding hydrogens is 550 g/mol. The van der Waals surface area contributed by atoms with Gasteiger partial charge in [0.2, 0.25) is 0 Å². The molecule has 0 radical (unpaired) electrons. The summed E-state index contributed by atoms with van der Waals surface area (Å²) in [4.78, 5) is 24.9. The van der Waals surface area contributed by atoms with Crippen LogP contribution in [-0.2, 0) is 22.6 Å². The summed E-state index contributed by atoms with van der Waals surface area (Å²) in [5.41, 5.74) is 4.47. The number of carboxylic acids is 1. The van der Waals surface area contributed by atoms with E-state index < -0.39 is 12.3 Å². The topological polar surface area (TPSA) is 105 Å². The van der Waals surface area contributed by atoms with E-state index in [0.717, 1.165) is 22.3 Å². The number of aliphatic hydroxyl groups is 1. The predicted molar refractivity (Wildman–Crippen MR) is 161 cm³/mol. The largest absolute Gasteiger partial charge is 0.478 e. The zero-order valence-corrected chi connectivity index (χ0v) is 24.0. The molecule has 0 bridgehead atoms. The van der Waals surface area contributed by atoms with Crippen molar-refractivity contribution in [3.63, 3.8) is 0 Å². The number of ether oxygens (including phenoxy) is 2. The molecule has 42 heavy (non-hydrogen) atoms. The molecule has 0 aliphatic carbocycles. The van der Waals surface area contributed by atoms with Gasteiger partial charge in [-0.15, -0.1) is 11.8 Å². The first-order valence-electron chi connectivity index (χ1n) is 13.8. The van der Waals surface area contributed by atoms with Gasteiger partial charge in [-0.2, -0.15) is 0 Å². The molecule has 4 atom stereocenters. The van der Waals surface area contributed by atoms with Crippen LogP contribution in [0, 0.1) is 5.92 Å². The summed E-state index contributed by atoms with van der Waals surface area (Å²) in [5.74, 6) is -0.579. The van der Waals surface area contributed by atoms with E-state index in [4.69, 9.17) is 9.47 Å². The van der Waals surface area contributed by atoms with E-state index in [1.165, 1.54) is 11.8 Å². The van der Waals surface area contributed by atoms with Crippen LogP contribution in [0.25, 0.3) is 0 Å². The molecule has 1 aliphatic rings. The monoisotopic (exact) mass is 583 g/mol. The number of benzene rings is 4. The van der Waals surface area contributed by atoms with Gasteiger partial charge in [-0.3, -0.25) is 4.79 Å². The molecule has 8 heteroatoms. The van der Waals surface area contributed by atoms with Crippen molar-refractivity contribution in [2.24, 2.45) is 5.92 Å². The Morgan fingerprint density at radius 3 is 2.14 bits per heavy atom. The zero-order chi connectivity index (χ0) is 29.5. The normalized spacial score (nSPS) is 20.1. The molecule has 5 rings (SSSR count). The second-order valence-electron chi connectivity index (χ2n) is 10.2. The van der Waals surface area contributed by atoms with Crippen LogP contribution < -0.4 is 5.32 Å². The quantitative estimate of drug-likeness (QED) is 0.186. The number of amides is 1. The Kier molecular flexibility index (Phi) is 9.71. The minimum Gasteiger partial charge on any atom is -0.478 e. The van der Waals surface area contributed by atoms with Crippen molar-refractivity contribution in [3.05, 3.63) is 137 Å². The summed E-state index contributed by atoms with van der Waals surface area (Å²) in [5, 5.41) is 22.1. The molecule has 1 saturated heterocycles. The third-order valence-electron chi connectivity index (χ3n) is 7.38. The number of carbonyl (C=O) groups is 2. The molecule has 1 amide bonds. The Labute approximate surface area is 249 Å². The van der Waals surface area contributed by atoms with Crippen LogP contribution in [0.4, 0.5) is 0 Å². The van der Waals surface area contributed by atoms with Gasteiger partial charge >= 0.3 is 5.97 Å². The van der Waals surface area contributed by atoms with E-state index >= 15 is 0 Å². The fraction of sp³-hybridized carbons (Fsp3) is 0.235. The van der Waals surface area contributed by atoms with Crippen molar-refractivity contribution in [3.8, 4) is 0 Å². The van der Waals surface area contributed by atoms with Gasteiger partial charge in [0.15, 0.2) is 6.29 Å². The van der Waals surface area contributed by atoms with Gasteiger partial charge in [-0.1, -0.05) is 85.8 Å². The lowest BCUT2D eigenvalue weighted by Crippen LogP contribution is -2.38. The first-order valence-corrected chi connectivity index (χ1v) is 14.8. The highest BCUT2D eigenvalue weighted by Crippen LogP contribution is 2.43.